The van der Waals surface area contributed by atoms with Crippen molar-refractivity contribution in [2.75, 3.05) is 0 Å². The van der Waals surface area contributed by atoms with E-state index in [2.05, 4.69) is 24.1 Å². The van der Waals surface area contributed by atoms with Gasteiger partial charge in [0.1, 0.15) is 11.5 Å². The van der Waals surface area contributed by atoms with Crippen LogP contribution in [0, 0.1) is 13.8 Å². The molecule has 0 unspecified atom stereocenters. The fourth-order valence-corrected chi connectivity index (χ4v) is 3.06. The van der Waals surface area contributed by atoms with E-state index in [0.717, 1.165) is 72.2 Å². The summed E-state index contributed by atoms with van der Waals surface area (Å²) in [7, 11) is 0. The standard InChI is InChI=1S/C24H32N2O2/c1-5-7-9-21(19-13-11-17(3)15-23(19)27)25-26-22(10-8-6-2)20-14-12-18(4)16-24(20)28/h11-16,27-28H,5-10H2,1-4H3. The summed E-state index contributed by atoms with van der Waals surface area (Å²) in [6.07, 6.45) is 5.52. The van der Waals surface area contributed by atoms with Crippen LogP contribution >= 0.6 is 0 Å². The van der Waals surface area contributed by atoms with Gasteiger partial charge in [-0.2, -0.15) is 10.2 Å². The van der Waals surface area contributed by atoms with Gasteiger partial charge in [0.15, 0.2) is 0 Å². The second-order valence-corrected chi connectivity index (χ2v) is 7.34. The van der Waals surface area contributed by atoms with E-state index in [-0.39, 0.29) is 11.5 Å². The minimum Gasteiger partial charge on any atom is -0.507 e. The van der Waals surface area contributed by atoms with Gasteiger partial charge in [-0.05, 0) is 74.9 Å². The molecule has 2 aromatic rings. The normalized spacial score (nSPS) is 12.4. The Hall–Kier alpha value is -2.62. The third-order valence-corrected chi connectivity index (χ3v) is 4.75. The van der Waals surface area contributed by atoms with E-state index in [1.807, 2.05) is 38.1 Å². The molecule has 2 rings (SSSR count). The fraction of sp³-hybridized carbons (Fsp3) is 0.417. The van der Waals surface area contributed by atoms with E-state index >= 15 is 0 Å². The summed E-state index contributed by atoms with van der Waals surface area (Å²) in [6, 6.07) is 11.3. The molecule has 0 amide bonds. The van der Waals surface area contributed by atoms with Crippen molar-refractivity contribution in [1.29, 1.82) is 0 Å². The number of aromatic hydroxyl groups is 2. The summed E-state index contributed by atoms with van der Waals surface area (Å²) in [5, 5.41) is 29.9. The van der Waals surface area contributed by atoms with Gasteiger partial charge in [0, 0.05) is 11.1 Å². The minimum atomic E-state index is 0.235. The summed E-state index contributed by atoms with van der Waals surface area (Å²) in [4.78, 5) is 0. The summed E-state index contributed by atoms with van der Waals surface area (Å²) in [6.45, 7) is 8.17. The molecule has 0 bridgehead atoms. The number of nitrogens with zero attached hydrogens (tertiary/aromatic N) is 2. The largest absolute Gasteiger partial charge is 0.507 e. The third-order valence-electron chi connectivity index (χ3n) is 4.75. The van der Waals surface area contributed by atoms with Gasteiger partial charge >= 0.3 is 0 Å². The van der Waals surface area contributed by atoms with Gasteiger partial charge in [0.05, 0.1) is 11.4 Å². The fourth-order valence-electron chi connectivity index (χ4n) is 3.06. The predicted octanol–water partition coefficient (Wildman–Crippen LogP) is 6.29. The van der Waals surface area contributed by atoms with E-state index < -0.39 is 0 Å². The number of rotatable bonds is 9. The quantitative estimate of drug-likeness (QED) is 0.397. The van der Waals surface area contributed by atoms with Gasteiger partial charge in [0.2, 0.25) is 0 Å². The Morgan fingerprint density at radius 1 is 0.714 bits per heavy atom. The number of benzene rings is 2. The molecule has 4 nitrogen and oxygen atoms in total. The van der Waals surface area contributed by atoms with Crippen LogP contribution in [-0.4, -0.2) is 21.6 Å². The van der Waals surface area contributed by atoms with Crippen LogP contribution in [0.4, 0.5) is 0 Å². The molecule has 0 spiro atoms. The van der Waals surface area contributed by atoms with Crippen LogP contribution in [0.1, 0.15) is 74.6 Å². The first-order valence-corrected chi connectivity index (χ1v) is 10.2. The average molecular weight is 381 g/mol. The van der Waals surface area contributed by atoms with Gasteiger partial charge in [-0.15, -0.1) is 0 Å². The molecule has 0 radical (unpaired) electrons. The van der Waals surface area contributed by atoms with Crippen LogP contribution in [0.5, 0.6) is 11.5 Å². The Morgan fingerprint density at radius 3 is 1.43 bits per heavy atom. The average Bonchev–Trinajstić information content (AvgIpc) is 2.65. The lowest BCUT2D eigenvalue weighted by Crippen LogP contribution is -2.05. The lowest BCUT2D eigenvalue weighted by atomic mass is 10.0. The highest BCUT2D eigenvalue weighted by Crippen LogP contribution is 2.24. The maximum atomic E-state index is 10.4. The Kier molecular flexibility index (Phi) is 8.24. The molecule has 0 saturated heterocycles. The molecule has 150 valence electrons. The summed E-state index contributed by atoms with van der Waals surface area (Å²) < 4.78 is 0. The van der Waals surface area contributed by atoms with Crippen LogP contribution in [0.3, 0.4) is 0 Å². The molecule has 0 fully saturated rings. The van der Waals surface area contributed by atoms with E-state index in [0.29, 0.717) is 0 Å². The van der Waals surface area contributed by atoms with Crippen LogP contribution < -0.4 is 0 Å². The smallest absolute Gasteiger partial charge is 0.124 e. The van der Waals surface area contributed by atoms with Crippen molar-refractivity contribution >= 4 is 11.4 Å². The molecule has 28 heavy (non-hydrogen) atoms. The van der Waals surface area contributed by atoms with Crippen molar-refractivity contribution in [3.63, 3.8) is 0 Å². The zero-order valence-corrected chi connectivity index (χ0v) is 17.5. The summed E-state index contributed by atoms with van der Waals surface area (Å²) >= 11 is 0. The van der Waals surface area contributed by atoms with Crippen molar-refractivity contribution in [3.05, 3.63) is 58.7 Å². The molecular formula is C24H32N2O2. The molecule has 4 heteroatoms. The number of hydrogen-bond donors (Lipinski definition) is 2. The SMILES string of the molecule is CCCCC(=NN=C(CCCC)c1ccc(C)cc1O)c1ccc(C)cc1O. The van der Waals surface area contributed by atoms with Gasteiger partial charge in [-0.25, -0.2) is 0 Å². The van der Waals surface area contributed by atoms with Crippen molar-refractivity contribution < 1.29 is 10.2 Å². The van der Waals surface area contributed by atoms with E-state index in [1.54, 1.807) is 12.1 Å². The number of unbranched alkanes of at least 4 members (excludes halogenated alkanes) is 2. The maximum Gasteiger partial charge on any atom is 0.124 e. The van der Waals surface area contributed by atoms with E-state index in [1.165, 1.54) is 0 Å². The number of phenolic OH excluding ortho intramolecular Hbond substituents is 2. The van der Waals surface area contributed by atoms with Crippen LogP contribution in [0.25, 0.3) is 0 Å². The number of aryl methyl sites for hydroxylation is 2. The predicted molar refractivity (Wildman–Crippen MR) is 118 cm³/mol. The molecular weight excluding hydrogens is 348 g/mol. The topological polar surface area (TPSA) is 65.2 Å². The Labute approximate surface area is 168 Å². The maximum absolute atomic E-state index is 10.4. The lowest BCUT2D eigenvalue weighted by Gasteiger charge is -2.10. The van der Waals surface area contributed by atoms with Crippen molar-refractivity contribution in [2.24, 2.45) is 10.2 Å². The van der Waals surface area contributed by atoms with Crippen molar-refractivity contribution in [1.82, 2.24) is 0 Å². The first-order chi connectivity index (χ1) is 13.5. The zero-order chi connectivity index (χ0) is 20.5. The first-order valence-electron chi connectivity index (χ1n) is 10.2. The van der Waals surface area contributed by atoms with Gasteiger partial charge < -0.3 is 10.2 Å². The van der Waals surface area contributed by atoms with Crippen LogP contribution in [-0.2, 0) is 0 Å². The molecule has 0 atom stereocenters. The van der Waals surface area contributed by atoms with E-state index in [4.69, 9.17) is 0 Å². The molecule has 0 heterocycles. The Balaban J connectivity index is 2.48. The highest BCUT2D eigenvalue weighted by Gasteiger charge is 2.12. The Bertz CT molecular complexity index is 782. The molecule has 0 aliphatic heterocycles. The summed E-state index contributed by atoms with van der Waals surface area (Å²) in [5.74, 6) is 0.469. The molecule has 2 N–H and O–H groups in total. The number of hydrogen-bond acceptors (Lipinski definition) is 4. The third kappa shape index (κ3) is 5.95. The van der Waals surface area contributed by atoms with E-state index in [9.17, 15) is 10.2 Å². The minimum absolute atomic E-state index is 0.235. The zero-order valence-electron chi connectivity index (χ0n) is 17.5. The molecule has 0 aliphatic carbocycles. The Morgan fingerprint density at radius 2 is 1.11 bits per heavy atom. The second-order valence-electron chi connectivity index (χ2n) is 7.34. The van der Waals surface area contributed by atoms with Crippen molar-refractivity contribution in [3.8, 4) is 11.5 Å². The summed E-state index contributed by atoms with van der Waals surface area (Å²) in [5.41, 5.74) is 5.03. The molecule has 0 saturated carbocycles. The molecule has 2 aromatic carbocycles. The van der Waals surface area contributed by atoms with Gasteiger partial charge in [-0.1, -0.05) is 38.8 Å². The lowest BCUT2D eigenvalue weighted by molar-refractivity contribution is 0.472. The molecule has 0 aliphatic rings. The van der Waals surface area contributed by atoms with Crippen LogP contribution in [0.15, 0.2) is 46.6 Å². The second kappa shape index (κ2) is 10.6. The monoisotopic (exact) mass is 380 g/mol. The van der Waals surface area contributed by atoms with Gasteiger partial charge in [0.25, 0.3) is 0 Å². The van der Waals surface area contributed by atoms with Gasteiger partial charge in [-0.3, -0.25) is 0 Å². The van der Waals surface area contributed by atoms with Crippen molar-refractivity contribution in [2.45, 2.75) is 66.2 Å². The molecule has 0 aromatic heterocycles. The highest BCUT2D eigenvalue weighted by atomic mass is 16.3. The van der Waals surface area contributed by atoms with Crippen LogP contribution in [0.2, 0.25) is 0 Å². The highest BCUT2D eigenvalue weighted by molar-refractivity contribution is 6.05. The number of phenols is 2. The first kappa shape index (κ1) is 21.7.